The average molecular weight is 358 g/mol. The van der Waals surface area contributed by atoms with E-state index in [1.165, 1.54) is 17.4 Å². The summed E-state index contributed by atoms with van der Waals surface area (Å²) in [5.74, 6) is 0.444. The molecule has 1 fully saturated rings. The van der Waals surface area contributed by atoms with Crippen LogP contribution in [-0.2, 0) is 17.8 Å². The fourth-order valence-corrected chi connectivity index (χ4v) is 3.66. The van der Waals surface area contributed by atoms with Gasteiger partial charge in [-0.15, -0.1) is 11.3 Å². The highest BCUT2D eigenvalue weighted by Gasteiger charge is 2.15. The molecule has 0 bridgehead atoms. The molecule has 3 aromatic rings. The van der Waals surface area contributed by atoms with Crippen LogP contribution in [0.3, 0.4) is 0 Å². The van der Waals surface area contributed by atoms with E-state index in [0.29, 0.717) is 11.6 Å². The van der Waals surface area contributed by atoms with Gasteiger partial charge in [0.15, 0.2) is 4.96 Å². The van der Waals surface area contributed by atoms with Crippen molar-refractivity contribution in [2.45, 2.75) is 25.8 Å². The van der Waals surface area contributed by atoms with E-state index in [1.807, 2.05) is 22.2 Å². The first-order chi connectivity index (χ1) is 12.2. The quantitative estimate of drug-likeness (QED) is 0.708. The van der Waals surface area contributed by atoms with Crippen molar-refractivity contribution in [3.8, 4) is 0 Å². The molecule has 1 aliphatic heterocycles. The molecule has 4 rings (SSSR count). The zero-order valence-electron chi connectivity index (χ0n) is 13.6. The van der Waals surface area contributed by atoms with Crippen LogP contribution in [0.2, 0.25) is 0 Å². The first-order valence-corrected chi connectivity index (χ1v) is 9.08. The van der Waals surface area contributed by atoms with Crippen LogP contribution in [0.1, 0.15) is 24.2 Å². The third-order valence-corrected chi connectivity index (χ3v) is 4.91. The summed E-state index contributed by atoms with van der Waals surface area (Å²) < 4.78 is 1.90. The highest BCUT2D eigenvalue weighted by Crippen LogP contribution is 2.14. The van der Waals surface area contributed by atoms with Gasteiger partial charge >= 0.3 is 0 Å². The molecule has 1 saturated heterocycles. The van der Waals surface area contributed by atoms with Crippen molar-refractivity contribution in [2.75, 3.05) is 18.0 Å². The van der Waals surface area contributed by atoms with E-state index in [4.69, 9.17) is 0 Å². The summed E-state index contributed by atoms with van der Waals surface area (Å²) in [4.78, 5) is 38.5. The van der Waals surface area contributed by atoms with Gasteiger partial charge < -0.3 is 10.2 Å². The van der Waals surface area contributed by atoms with Crippen molar-refractivity contribution < 1.29 is 4.79 Å². The number of nitrogens with zero attached hydrogens (tertiary/aromatic N) is 4. The maximum atomic E-state index is 12.1. The van der Waals surface area contributed by atoms with Gasteiger partial charge in [0.2, 0.25) is 11.9 Å². The Morgan fingerprint density at radius 2 is 2.12 bits per heavy atom. The molecule has 3 aromatic heterocycles. The molecule has 0 atom stereocenters. The van der Waals surface area contributed by atoms with E-state index >= 15 is 0 Å². The van der Waals surface area contributed by atoms with Gasteiger partial charge in [-0.3, -0.25) is 19.0 Å². The Hall–Kier alpha value is -2.68. The zero-order chi connectivity index (χ0) is 17.2. The van der Waals surface area contributed by atoms with E-state index < -0.39 is 0 Å². The Labute approximate surface area is 147 Å². The van der Waals surface area contributed by atoms with Crippen molar-refractivity contribution in [3.63, 3.8) is 0 Å². The number of thiazole rings is 1. The van der Waals surface area contributed by atoms with Gasteiger partial charge in [0, 0.05) is 36.9 Å². The van der Waals surface area contributed by atoms with E-state index in [2.05, 4.69) is 25.2 Å². The smallest absolute Gasteiger partial charge is 0.252 e. The molecule has 1 amide bonds. The van der Waals surface area contributed by atoms with Crippen LogP contribution >= 0.6 is 11.3 Å². The lowest BCUT2D eigenvalue weighted by molar-refractivity contribution is -0.120. The molecule has 0 unspecified atom stereocenters. The number of H-pyrrole nitrogens is 1. The van der Waals surface area contributed by atoms with E-state index in [1.54, 1.807) is 0 Å². The van der Waals surface area contributed by atoms with Crippen molar-refractivity contribution in [1.82, 2.24) is 24.7 Å². The Balaban J connectivity index is 1.39. The van der Waals surface area contributed by atoms with Gasteiger partial charge in [-0.1, -0.05) is 0 Å². The number of carbonyl (C=O) groups excluding carboxylic acids is 1. The number of hydrogen-bond donors (Lipinski definition) is 2. The standard InChI is InChI=1S/C16H18N6O2S/c23-13(8-12-10-22-5-6-25-16(22)19-12)17-9-11-7-14(24)20-15(18-11)21-3-1-2-4-21/h5-7,10H,1-4,8-9H2,(H,17,23)(H,18,20,24). The number of imidazole rings is 1. The third kappa shape index (κ3) is 3.55. The number of rotatable bonds is 5. The lowest BCUT2D eigenvalue weighted by atomic mass is 10.3. The van der Waals surface area contributed by atoms with E-state index in [9.17, 15) is 9.59 Å². The minimum Gasteiger partial charge on any atom is -0.350 e. The number of nitrogens with one attached hydrogen (secondary N) is 2. The number of fused-ring (bicyclic) bond motifs is 1. The molecular formula is C16H18N6O2S. The molecule has 0 aromatic carbocycles. The molecule has 25 heavy (non-hydrogen) atoms. The number of amides is 1. The summed E-state index contributed by atoms with van der Waals surface area (Å²) in [6.07, 6.45) is 6.17. The lowest BCUT2D eigenvalue weighted by Crippen LogP contribution is -2.28. The maximum Gasteiger partial charge on any atom is 0.252 e. The minimum atomic E-state index is -0.199. The molecule has 0 spiro atoms. The monoisotopic (exact) mass is 358 g/mol. The Morgan fingerprint density at radius 1 is 1.28 bits per heavy atom. The summed E-state index contributed by atoms with van der Waals surface area (Å²) in [5, 5.41) is 4.76. The fraction of sp³-hybridized carbons (Fsp3) is 0.375. The second-order valence-corrected chi connectivity index (χ2v) is 6.91. The highest BCUT2D eigenvalue weighted by atomic mass is 32.1. The van der Waals surface area contributed by atoms with Crippen LogP contribution in [0.4, 0.5) is 5.95 Å². The molecule has 1 aliphatic rings. The summed E-state index contributed by atoms with van der Waals surface area (Å²) >= 11 is 1.53. The maximum absolute atomic E-state index is 12.1. The Bertz CT molecular complexity index is 924. The topological polar surface area (TPSA) is 95.4 Å². The SMILES string of the molecule is O=C(Cc1cn2ccsc2n1)NCc1cc(=O)[nH]c(N2CCCC2)n1. The molecular weight excluding hydrogens is 340 g/mol. The van der Waals surface area contributed by atoms with Crippen molar-refractivity contribution >= 4 is 28.2 Å². The second kappa shape index (κ2) is 6.67. The highest BCUT2D eigenvalue weighted by molar-refractivity contribution is 7.15. The first kappa shape index (κ1) is 15.8. The first-order valence-electron chi connectivity index (χ1n) is 8.20. The van der Waals surface area contributed by atoms with Gasteiger partial charge in [0.05, 0.1) is 24.4 Å². The molecule has 8 nitrogen and oxygen atoms in total. The normalized spacial score (nSPS) is 14.3. The van der Waals surface area contributed by atoms with Crippen molar-refractivity contribution in [3.05, 3.63) is 45.6 Å². The van der Waals surface area contributed by atoms with Crippen LogP contribution in [0.15, 0.2) is 28.6 Å². The van der Waals surface area contributed by atoms with Crippen molar-refractivity contribution in [1.29, 1.82) is 0 Å². The molecule has 130 valence electrons. The van der Waals surface area contributed by atoms with Crippen LogP contribution in [-0.4, -0.2) is 38.3 Å². The molecule has 0 saturated carbocycles. The zero-order valence-corrected chi connectivity index (χ0v) is 14.4. The second-order valence-electron chi connectivity index (χ2n) is 6.03. The van der Waals surface area contributed by atoms with E-state index in [0.717, 1.165) is 36.6 Å². The van der Waals surface area contributed by atoms with Crippen LogP contribution in [0, 0.1) is 0 Å². The Kier molecular flexibility index (Phi) is 4.22. The molecule has 0 aliphatic carbocycles. The summed E-state index contributed by atoms with van der Waals surface area (Å²) in [5.41, 5.74) is 1.08. The number of carbonyl (C=O) groups is 1. The molecule has 0 radical (unpaired) electrons. The van der Waals surface area contributed by atoms with Crippen LogP contribution in [0.25, 0.3) is 4.96 Å². The largest absolute Gasteiger partial charge is 0.350 e. The number of aromatic amines is 1. The van der Waals surface area contributed by atoms with E-state index in [-0.39, 0.29) is 24.4 Å². The van der Waals surface area contributed by atoms with Gasteiger partial charge in [-0.05, 0) is 12.8 Å². The van der Waals surface area contributed by atoms with Gasteiger partial charge in [-0.2, -0.15) is 0 Å². The summed E-state index contributed by atoms with van der Waals surface area (Å²) in [6, 6.07) is 1.42. The van der Waals surface area contributed by atoms with Gasteiger partial charge in [0.25, 0.3) is 5.56 Å². The number of aromatic nitrogens is 4. The predicted molar refractivity (Wildman–Crippen MR) is 94.9 cm³/mol. The molecule has 9 heteroatoms. The minimum absolute atomic E-state index is 0.143. The van der Waals surface area contributed by atoms with Crippen LogP contribution in [0.5, 0.6) is 0 Å². The molecule has 2 N–H and O–H groups in total. The number of anilines is 1. The van der Waals surface area contributed by atoms with Gasteiger partial charge in [0.1, 0.15) is 0 Å². The van der Waals surface area contributed by atoms with Gasteiger partial charge in [-0.25, -0.2) is 9.97 Å². The van der Waals surface area contributed by atoms with Crippen LogP contribution < -0.4 is 15.8 Å². The summed E-state index contributed by atoms with van der Waals surface area (Å²) in [7, 11) is 0. The molecule has 4 heterocycles. The fourth-order valence-electron chi connectivity index (χ4n) is 2.94. The summed E-state index contributed by atoms with van der Waals surface area (Å²) in [6.45, 7) is 2.03. The average Bonchev–Trinajstić information content (AvgIpc) is 3.29. The Morgan fingerprint density at radius 3 is 2.92 bits per heavy atom. The third-order valence-electron chi connectivity index (χ3n) is 4.14. The number of hydrogen-bond acceptors (Lipinski definition) is 6. The van der Waals surface area contributed by atoms with Crippen molar-refractivity contribution in [2.24, 2.45) is 0 Å². The lowest BCUT2D eigenvalue weighted by Gasteiger charge is -2.16. The predicted octanol–water partition coefficient (Wildman–Crippen LogP) is 0.938.